The summed E-state index contributed by atoms with van der Waals surface area (Å²) in [6.07, 6.45) is -2.13. The van der Waals surface area contributed by atoms with Gasteiger partial charge in [-0.05, 0) is 31.6 Å². The van der Waals surface area contributed by atoms with E-state index in [-0.39, 0.29) is 25.0 Å². The predicted molar refractivity (Wildman–Crippen MR) is 138 cm³/mol. The fraction of sp³-hybridized carbons (Fsp3) is 0.767. The van der Waals surface area contributed by atoms with Crippen LogP contribution in [0.15, 0.2) is 0 Å². The molecule has 0 bridgehead atoms. The van der Waals surface area contributed by atoms with Crippen LogP contribution in [0, 0.1) is 39.4 Å². The topological polar surface area (TPSA) is 147 Å². The first kappa shape index (κ1) is 30.1. The van der Waals surface area contributed by atoms with E-state index in [2.05, 4.69) is 0 Å². The van der Waals surface area contributed by atoms with Gasteiger partial charge < -0.3 is 14.2 Å². The van der Waals surface area contributed by atoms with Crippen molar-refractivity contribution in [2.45, 2.75) is 106 Å². The second kappa shape index (κ2) is 9.05. The van der Waals surface area contributed by atoms with Crippen LogP contribution in [0.1, 0.15) is 88.0 Å². The fourth-order valence-electron chi connectivity index (χ4n) is 9.24. The largest absolute Gasteiger partial charge is 0.458 e. The number of hydrogen-bond donors (Lipinski definition) is 0. The Morgan fingerprint density at radius 3 is 2.00 bits per heavy atom. The smallest absolute Gasteiger partial charge is 0.312 e. The molecule has 0 aromatic carbocycles. The number of esters is 3. The number of ether oxygens (including phenoxy) is 3. The van der Waals surface area contributed by atoms with Crippen molar-refractivity contribution in [2.24, 2.45) is 39.4 Å². The first-order valence-electron chi connectivity index (χ1n) is 14.0. The first-order valence-corrected chi connectivity index (χ1v) is 14.0. The van der Waals surface area contributed by atoms with Crippen LogP contribution in [0.2, 0.25) is 0 Å². The number of hydrogen-bond acceptors (Lipinski definition) is 10. The van der Waals surface area contributed by atoms with Gasteiger partial charge >= 0.3 is 17.9 Å². The third-order valence-corrected chi connectivity index (χ3v) is 10.9. The van der Waals surface area contributed by atoms with Crippen LogP contribution in [0.5, 0.6) is 0 Å². The summed E-state index contributed by atoms with van der Waals surface area (Å²) in [7, 11) is 0. The van der Waals surface area contributed by atoms with Crippen molar-refractivity contribution in [2.75, 3.05) is 0 Å². The van der Waals surface area contributed by atoms with Gasteiger partial charge in [-0.15, -0.1) is 0 Å². The molecule has 10 nitrogen and oxygen atoms in total. The molecule has 4 aliphatic rings. The first-order chi connectivity index (χ1) is 18.2. The van der Waals surface area contributed by atoms with Gasteiger partial charge in [0.1, 0.15) is 29.2 Å². The molecular weight excluding hydrogens is 520 g/mol. The van der Waals surface area contributed by atoms with Gasteiger partial charge in [0, 0.05) is 49.9 Å². The molecule has 1 aliphatic heterocycles. The molecule has 0 radical (unpaired) electrons. The Morgan fingerprint density at radius 1 is 0.900 bits per heavy atom. The van der Waals surface area contributed by atoms with Gasteiger partial charge in [-0.25, -0.2) is 0 Å². The zero-order valence-corrected chi connectivity index (χ0v) is 24.8. The number of Topliss-reactive ketones (excluding diaryl/α,β-unsaturated/α-hetero) is 4. The Bertz CT molecular complexity index is 1230. The van der Waals surface area contributed by atoms with Crippen molar-refractivity contribution in [1.29, 1.82) is 0 Å². The number of rotatable bonds is 4. The van der Waals surface area contributed by atoms with E-state index in [1.54, 1.807) is 20.8 Å². The molecule has 10 heteroatoms. The van der Waals surface area contributed by atoms with Crippen molar-refractivity contribution in [1.82, 2.24) is 0 Å². The second-order valence-corrected chi connectivity index (χ2v) is 13.5. The van der Waals surface area contributed by atoms with E-state index in [1.165, 1.54) is 34.6 Å². The summed E-state index contributed by atoms with van der Waals surface area (Å²) in [5.41, 5.74) is -7.38. The highest BCUT2D eigenvalue weighted by Crippen LogP contribution is 2.71. The number of cyclic esters (lactones) is 1. The molecule has 3 saturated carbocycles. The van der Waals surface area contributed by atoms with E-state index in [9.17, 15) is 33.6 Å². The Labute approximate surface area is 234 Å². The normalized spacial score (nSPS) is 44.0. The molecule has 0 spiro atoms. The third-order valence-electron chi connectivity index (χ3n) is 10.9. The van der Waals surface area contributed by atoms with Crippen LogP contribution in [0.3, 0.4) is 0 Å². The Kier molecular flexibility index (Phi) is 6.80. The van der Waals surface area contributed by atoms with Crippen LogP contribution in [0.25, 0.3) is 0 Å². The summed E-state index contributed by atoms with van der Waals surface area (Å²) in [5.74, 6) is -7.02. The van der Waals surface area contributed by atoms with Crippen molar-refractivity contribution in [3.8, 4) is 0 Å². The lowest BCUT2D eigenvalue weighted by Gasteiger charge is -2.70. The van der Waals surface area contributed by atoms with Crippen LogP contribution < -0.4 is 0 Å². The molecule has 0 N–H and O–H groups in total. The standard InChI is InChI=1S/C30H40O10/c1-10-17(33)30(9)25(37)29(8)19(35)13-16-27(6)12-11-18(34)26(4,5)21(27)20(38-14(2)31)23(39-15(3)32)28(16,7)22(29)24(36)40-30/h16,20-23H,10-13H2,1-9H3. The highest BCUT2D eigenvalue weighted by atomic mass is 16.6. The average Bonchev–Trinajstić information content (AvgIpc) is 2.83. The molecule has 4 fully saturated rings. The van der Waals surface area contributed by atoms with E-state index < -0.39 is 92.5 Å². The quantitative estimate of drug-likeness (QED) is 0.285. The van der Waals surface area contributed by atoms with Gasteiger partial charge in [0.25, 0.3) is 0 Å². The van der Waals surface area contributed by atoms with E-state index in [4.69, 9.17) is 14.2 Å². The van der Waals surface area contributed by atoms with Crippen molar-refractivity contribution in [3.05, 3.63) is 0 Å². The maximum absolute atomic E-state index is 14.1. The maximum atomic E-state index is 14.1. The molecule has 4 rings (SSSR count). The lowest BCUT2D eigenvalue weighted by Crippen LogP contribution is -2.78. The molecule has 220 valence electrons. The van der Waals surface area contributed by atoms with E-state index in [1.807, 2.05) is 6.92 Å². The average molecular weight is 561 g/mol. The lowest BCUT2D eigenvalue weighted by atomic mass is 9.34. The van der Waals surface area contributed by atoms with E-state index in [0.717, 1.165) is 0 Å². The Hall–Kier alpha value is -2.91. The van der Waals surface area contributed by atoms with Crippen molar-refractivity contribution < 1.29 is 47.8 Å². The van der Waals surface area contributed by atoms with Gasteiger partial charge in [-0.3, -0.25) is 33.6 Å². The zero-order chi connectivity index (χ0) is 30.4. The minimum absolute atomic E-state index is 0.0506. The van der Waals surface area contributed by atoms with E-state index >= 15 is 0 Å². The van der Waals surface area contributed by atoms with Crippen LogP contribution in [-0.4, -0.2) is 58.8 Å². The molecule has 9 atom stereocenters. The Balaban J connectivity index is 2.04. The van der Waals surface area contributed by atoms with Crippen LogP contribution >= 0.6 is 0 Å². The number of fused-ring (bicyclic) bond motifs is 5. The number of carbonyl (C=O) groups is 7. The molecule has 1 saturated heterocycles. The SMILES string of the molecule is CCC(=O)C1(C)OC(=O)C2C(C)(C(=O)CC3C4(C)CCC(=O)C(C)(C)C4C(OC(C)=O)C(OC(C)=O)C23C)C1=O. The summed E-state index contributed by atoms with van der Waals surface area (Å²) >= 11 is 0. The maximum Gasteiger partial charge on any atom is 0.312 e. The second-order valence-electron chi connectivity index (χ2n) is 13.5. The fourth-order valence-corrected chi connectivity index (χ4v) is 9.24. The molecular formula is C30H40O10. The molecule has 1 heterocycles. The van der Waals surface area contributed by atoms with Gasteiger partial charge in [-0.1, -0.05) is 34.6 Å². The zero-order valence-electron chi connectivity index (χ0n) is 24.8. The van der Waals surface area contributed by atoms with Gasteiger partial charge in [0.15, 0.2) is 11.6 Å². The molecule has 3 aliphatic carbocycles. The van der Waals surface area contributed by atoms with E-state index in [0.29, 0.717) is 6.42 Å². The summed E-state index contributed by atoms with van der Waals surface area (Å²) in [4.78, 5) is 93.5. The highest BCUT2D eigenvalue weighted by Gasteiger charge is 2.80. The van der Waals surface area contributed by atoms with Crippen LogP contribution in [-0.2, 0) is 47.8 Å². The molecule has 0 amide bonds. The minimum atomic E-state index is -2.14. The molecule has 40 heavy (non-hydrogen) atoms. The molecule has 0 aromatic rings. The lowest BCUT2D eigenvalue weighted by molar-refractivity contribution is -0.281. The molecule has 0 aromatic heterocycles. The van der Waals surface area contributed by atoms with Gasteiger partial charge in [0.2, 0.25) is 5.60 Å². The van der Waals surface area contributed by atoms with Crippen molar-refractivity contribution in [3.63, 3.8) is 0 Å². The molecule has 9 unspecified atom stereocenters. The van der Waals surface area contributed by atoms with Gasteiger partial charge in [0.05, 0.1) is 5.92 Å². The monoisotopic (exact) mass is 560 g/mol. The number of carbonyl (C=O) groups excluding carboxylic acids is 7. The Morgan fingerprint density at radius 2 is 1.48 bits per heavy atom. The summed E-state index contributed by atoms with van der Waals surface area (Å²) in [5, 5.41) is 0. The predicted octanol–water partition coefficient (Wildman–Crippen LogP) is 2.96. The summed E-state index contributed by atoms with van der Waals surface area (Å²) in [6, 6.07) is 0. The van der Waals surface area contributed by atoms with Gasteiger partial charge in [-0.2, -0.15) is 0 Å². The third kappa shape index (κ3) is 3.62. The summed E-state index contributed by atoms with van der Waals surface area (Å²) in [6.45, 7) is 13.7. The minimum Gasteiger partial charge on any atom is -0.458 e. The highest BCUT2D eigenvalue weighted by molar-refractivity contribution is 6.24. The van der Waals surface area contributed by atoms with Crippen molar-refractivity contribution >= 4 is 41.0 Å². The summed E-state index contributed by atoms with van der Waals surface area (Å²) < 4.78 is 17.4. The van der Waals surface area contributed by atoms with Crippen LogP contribution in [0.4, 0.5) is 0 Å². The number of ketones is 4.